The normalized spacial score (nSPS) is 14.7. The molecule has 2 heterocycles. The average Bonchev–Trinajstić information content (AvgIpc) is 2.79. The Morgan fingerprint density at radius 3 is 2.68 bits per heavy atom. The number of hydrogen-bond acceptors (Lipinski definition) is 2. The summed E-state index contributed by atoms with van der Waals surface area (Å²) in [7, 11) is 0. The second-order valence-corrected chi connectivity index (χ2v) is 5.25. The van der Waals surface area contributed by atoms with Crippen molar-refractivity contribution in [1.82, 2.24) is 15.1 Å². The lowest BCUT2D eigenvalue weighted by atomic mass is 10.0. The zero-order valence-electron chi connectivity index (χ0n) is 11.3. The van der Waals surface area contributed by atoms with Gasteiger partial charge in [0.1, 0.15) is 5.82 Å². The van der Waals surface area contributed by atoms with Gasteiger partial charge in [0, 0.05) is 36.7 Å². The van der Waals surface area contributed by atoms with Gasteiger partial charge in [-0.3, -0.25) is 4.68 Å². The zero-order valence-corrected chi connectivity index (χ0v) is 11.3. The molecule has 0 amide bonds. The Hall–Kier alpha value is -1.68. The third kappa shape index (κ3) is 2.16. The monoisotopic (exact) mass is 259 g/mol. The SMILES string of the molecule is CC(C)n1nc2c(c1-c1ccc(F)cc1)CNCC2. The molecule has 0 fully saturated rings. The van der Waals surface area contributed by atoms with E-state index in [4.69, 9.17) is 5.10 Å². The lowest BCUT2D eigenvalue weighted by molar-refractivity contribution is 0.530. The number of rotatable bonds is 2. The molecule has 0 unspecified atom stereocenters. The molecule has 2 aromatic rings. The molecule has 1 aromatic heterocycles. The molecule has 0 atom stereocenters. The highest BCUT2D eigenvalue weighted by Gasteiger charge is 2.22. The number of nitrogens with one attached hydrogen (secondary N) is 1. The Labute approximate surface area is 112 Å². The number of aromatic nitrogens is 2. The quantitative estimate of drug-likeness (QED) is 0.898. The third-order valence-electron chi connectivity index (χ3n) is 3.54. The van der Waals surface area contributed by atoms with Crippen molar-refractivity contribution in [3.63, 3.8) is 0 Å². The predicted molar refractivity (Wildman–Crippen MR) is 73.4 cm³/mol. The molecule has 4 heteroatoms. The number of hydrogen-bond donors (Lipinski definition) is 1. The van der Waals surface area contributed by atoms with E-state index in [0.29, 0.717) is 6.04 Å². The topological polar surface area (TPSA) is 29.9 Å². The van der Waals surface area contributed by atoms with Crippen molar-refractivity contribution in [3.8, 4) is 11.3 Å². The van der Waals surface area contributed by atoms with Crippen molar-refractivity contribution in [1.29, 1.82) is 0 Å². The minimum atomic E-state index is -0.202. The molecule has 1 aromatic carbocycles. The first-order valence-electron chi connectivity index (χ1n) is 6.73. The summed E-state index contributed by atoms with van der Waals surface area (Å²) >= 11 is 0. The molecule has 0 aliphatic carbocycles. The maximum Gasteiger partial charge on any atom is 0.123 e. The Kier molecular flexibility index (Phi) is 3.11. The number of nitrogens with zero attached hydrogens (tertiary/aromatic N) is 2. The van der Waals surface area contributed by atoms with E-state index >= 15 is 0 Å². The van der Waals surface area contributed by atoms with Crippen LogP contribution in [0, 0.1) is 5.82 Å². The van der Waals surface area contributed by atoms with Crippen LogP contribution in [0.2, 0.25) is 0 Å². The Morgan fingerprint density at radius 2 is 2.00 bits per heavy atom. The summed E-state index contributed by atoms with van der Waals surface area (Å²) in [5.41, 5.74) is 4.59. The molecule has 0 saturated carbocycles. The van der Waals surface area contributed by atoms with Crippen molar-refractivity contribution < 1.29 is 4.39 Å². The molecule has 3 rings (SSSR count). The molecule has 19 heavy (non-hydrogen) atoms. The van der Waals surface area contributed by atoms with E-state index in [-0.39, 0.29) is 5.82 Å². The first-order chi connectivity index (χ1) is 9.16. The van der Waals surface area contributed by atoms with E-state index in [9.17, 15) is 4.39 Å². The highest BCUT2D eigenvalue weighted by atomic mass is 19.1. The maximum atomic E-state index is 13.1. The maximum absolute atomic E-state index is 13.1. The molecule has 100 valence electrons. The molecule has 1 aliphatic heterocycles. The fourth-order valence-corrected chi connectivity index (χ4v) is 2.61. The van der Waals surface area contributed by atoms with Gasteiger partial charge in [-0.15, -0.1) is 0 Å². The second kappa shape index (κ2) is 4.78. The van der Waals surface area contributed by atoms with Crippen LogP contribution < -0.4 is 5.32 Å². The van der Waals surface area contributed by atoms with Crippen molar-refractivity contribution >= 4 is 0 Å². The van der Waals surface area contributed by atoms with Crippen molar-refractivity contribution in [2.75, 3.05) is 6.54 Å². The Bertz CT molecular complexity index is 584. The molecule has 0 bridgehead atoms. The van der Waals surface area contributed by atoms with Crippen LogP contribution in [0.3, 0.4) is 0 Å². The Balaban J connectivity index is 2.17. The van der Waals surface area contributed by atoms with E-state index in [1.54, 1.807) is 0 Å². The predicted octanol–water partition coefficient (Wildman–Crippen LogP) is 2.92. The van der Waals surface area contributed by atoms with E-state index in [2.05, 4.69) is 23.8 Å². The molecular formula is C15H18FN3. The van der Waals surface area contributed by atoms with Crippen LogP contribution in [0.25, 0.3) is 11.3 Å². The molecule has 0 spiro atoms. The molecule has 0 radical (unpaired) electrons. The third-order valence-corrected chi connectivity index (χ3v) is 3.54. The highest BCUT2D eigenvalue weighted by Crippen LogP contribution is 2.30. The zero-order chi connectivity index (χ0) is 13.4. The summed E-state index contributed by atoms with van der Waals surface area (Å²) in [6, 6.07) is 6.98. The van der Waals surface area contributed by atoms with Gasteiger partial charge < -0.3 is 5.32 Å². The smallest absolute Gasteiger partial charge is 0.123 e. The largest absolute Gasteiger partial charge is 0.312 e. The van der Waals surface area contributed by atoms with Gasteiger partial charge in [0.2, 0.25) is 0 Å². The number of benzene rings is 1. The lowest BCUT2D eigenvalue weighted by Gasteiger charge is -2.15. The van der Waals surface area contributed by atoms with Gasteiger partial charge in [-0.1, -0.05) is 0 Å². The van der Waals surface area contributed by atoms with Gasteiger partial charge in [0.15, 0.2) is 0 Å². The van der Waals surface area contributed by atoms with Crippen molar-refractivity contribution in [2.45, 2.75) is 32.9 Å². The van der Waals surface area contributed by atoms with Crippen LogP contribution in [0.15, 0.2) is 24.3 Å². The van der Waals surface area contributed by atoms with Crippen LogP contribution in [-0.2, 0) is 13.0 Å². The summed E-state index contributed by atoms with van der Waals surface area (Å²) in [6.07, 6.45) is 0.962. The summed E-state index contributed by atoms with van der Waals surface area (Å²) < 4.78 is 15.2. The highest BCUT2D eigenvalue weighted by molar-refractivity contribution is 5.65. The molecule has 3 nitrogen and oxygen atoms in total. The van der Waals surface area contributed by atoms with E-state index in [0.717, 1.165) is 30.8 Å². The van der Waals surface area contributed by atoms with E-state index < -0.39 is 0 Å². The van der Waals surface area contributed by atoms with E-state index in [1.807, 2.05) is 12.1 Å². The van der Waals surface area contributed by atoms with Gasteiger partial charge in [0.25, 0.3) is 0 Å². The van der Waals surface area contributed by atoms with Gasteiger partial charge >= 0.3 is 0 Å². The molecule has 0 saturated heterocycles. The van der Waals surface area contributed by atoms with Crippen molar-refractivity contribution in [2.24, 2.45) is 0 Å². The standard InChI is InChI=1S/C15H18FN3/c1-10(2)19-15(11-3-5-12(16)6-4-11)13-9-17-8-7-14(13)18-19/h3-6,10,17H,7-9H2,1-2H3. The van der Waals surface area contributed by atoms with Crippen molar-refractivity contribution in [3.05, 3.63) is 41.3 Å². The number of fused-ring (bicyclic) bond motifs is 1. The fraction of sp³-hybridized carbons (Fsp3) is 0.400. The van der Waals surface area contributed by atoms with Crippen LogP contribution in [-0.4, -0.2) is 16.3 Å². The van der Waals surface area contributed by atoms with Gasteiger partial charge in [-0.25, -0.2) is 4.39 Å². The lowest BCUT2D eigenvalue weighted by Crippen LogP contribution is -2.23. The molecular weight excluding hydrogens is 241 g/mol. The summed E-state index contributed by atoms with van der Waals surface area (Å²) in [5, 5.41) is 8.12. The minimum Gasteiger partial charge on any atom is -0.312 e. The van der Waals surface area contributed by atoms with Crippen LogP contribution in [0.1, 0.15) is 31.1 Å². The first-order valence-corrected chi connectivity index (χ1v) is 6.73. The number of halogens is 1. The van der Waals surface area contributed by atoms with Crippen LogP contribution in [0.4, 0.5) is 4.39 Å². The molecule has 1 N–H and O–H groups in total. The summed E-state index contributed by atoms with van der Waals surface area (Å²) in [5.74, 6) is -0.202. The molecule has 1 aliphatic rings. The first kappa shape index (κ1) is 12.4. The van der Waals surface area contributed by atoms with Gasteiger partial charge in [0.05, 0.1) is 11.4 Å². The van der Waals surface area contributed by atoms with Gasteiger partial charge in [-0.05, 0) is 38.1 Å². The van der Waals surface area contributed by atoms with Crippen LogP contribution >= 0.6 is 0 Å². The van der Waals surface area contributed by atoms with E-state index in [1.165, 1.54) is 23.4 Å². The summed E-state index contributed by atoms with van der Waals surface area (Å²) in [4.78, 5) is 0. The van der Waals surface area contributed by atoms with Gasteiger partial charge in [-0.2, -0.15) is 5.10 Å². The van der Waals surface area contributed by atoms with Crippen LogP contribution in [0.5, 0.6) is 0 Å². The second-order valence-electron chi connectivity index (χ2n) is 5.25. The minimum absolute atomic E-state index is 0.202. The fourth-order valence-electron chi connectivity index (χ4n) is 2.61. The summed E-state index contributed by atoms with van der Waals surface area (Å²) in [6.45, 7) is 6.07. The Morgan fingerprint density at radius 1 is 1.26 bits per heavy atom. The average molecular weight is 259 g/mol.